The summed E-state index contributed by atoms with van der Waals surface area (Å²) in [6, 6.07) is 0. The van der Waals surface area contributed by atoms with Crippen LogP contribution in [0, 0.1) is 0 Å². The third-order valence-electron chi connectivity index (χ3n) is 2.14. The fraction of sp³-hybridized carbons (Fsp3) is 0.222. The molecule has 6 nitrogen and oxygen atoms in total. The first-order valence-electron chi connectivity index (χ1n) is 4.63. The second kappa shape index (κ2) is 4.32. The van der Waals surface area contributed by atoms with E-state index in [2.05, 4.69) is 10.1 Å². The zero-order valence-corrected chi connectivity index (χ0v) is 8.49. The van der Waals surface area contributed by atoms with Crippen LogP contribution in [-0.4, -0.2) is 30.4 Å². The lowest BCUT2D eigenvalue weighted by Gasteiger charge is -2.05. The zero-order valence-electron chi connectivity index (χ0n) is 8.49. The predicted molar refractivity (Wildman–Crippen MR) is 51.8 cm³/mol. The number of imidazole rings is 1. The van der Waals surface area contributed by atoms with E-state index < -0.39 is 12.5 Å². The average Bonchev–Trinajstić information content (AvgIpc) is 2.86. The minimum atomic E-state index is -2.68. The molecule has 90 valence electrons. The molecule has 0 saturated carbocycles. The molecule has 0 amide bonds. The Morgan fingerprint density at radius 2 is 2.29 bits per heavy atom. The number of carboxylic acid groups (broad SMARTS) is 1. The van der Waals surface area contributed by atoms with Crippen LogP contribution < -0.4 is 0 Å². The molecule has 2 heterocycles. The Hall–Kier alpha value is -2.25. The van der Waals surface area contributed by atoms with Crippen LogP contribution in [0.2, 0.25) is 0 Å². The van der Waals surface area contributed by atoms with Gasteiger partial charge >= 0.3 is 12.5 Å². The van der Waals surface area contributed by atoms with Gasteiger partial charge in [0.1, 0.15) is 5.82 Å². The molecule has 0 bridgehead atoms. The number of hydrogen-bond acceptors (Lipinski definition) is 3. The van der Waals surface area contributed by atoms with E-state index in [1.54, 1.807) is 0 Å². The Bertz CT molecular complexity index is 535. The fourth-order valence-electron chi connectivity index (χ4n) is 1.35. The normalized spacial score (nSPS) is 11.0. The molecule has 0 aliphatic rings. The SMILES string of the molecule is O=C(O)c1cnn(Cc2nccn2C(F)F)c1. The van der Waals surface area contributed by atoms with E-state index in [4.69, 9.17) is 5.11 Å². The summed E-state index contributed by atoms with van der Waals surface area (Å²) >= 11 is 0. The molecule has 1 N–H and O–H groups in total. The average molecular weight is 242 g/mol. The maximum absolute atomic E-state index is 12.5. The van der Waals surface area contributed by atoms with Gasteiger partial charge in [-0.1, -0.05) is 0 Å². The summed E-state index contributed by atoms with van der Waals surface area (Å²) < 4.78 is 26.9. The van der Waals surface area contributed by atoms with Crippen molar-refractivity contribution < 1.29 is 18.7 Å². The third-order valence-corrected chi connectivity index (χ3v) is 2.14. The van der Waals surface area contributed by atoms with Gasteiger partial charge in [0.25, 0.3) is 0 Å². The Morgan fingerprint density at radius 3 is 2.88 bits per heavy atom. The van der Waals surface area contributed by atoms with E-state index >= 15 is 0 Å². The summed E-state index contributed by atoms with van der Waals surface area (Å²) in [4.78, 5) is 14.4. The summed E-state index contributed by atoms with van der Waals surface area (Å²) in [5.41, 5.74) is 0.000142. The molecule has 0 fully saturated rings. The van der Waals surface area contributed by atoms with Gasteiger partial charge in [-0.25, -0.2) is 9.78 Å². The first kappa shape index (κ1) is 11.2. The van der Waals surface area contributed by atoms with Crippen LogP contribution >= 0.6 is 0 Å². The number of nitrogens with zero attached hydrogens (tertiary/aromatic N) is 4. The molecule has 0 aromatic carbocycles. The molecular weight excluding hydrogens is 234 g/mol. The van der Waals surface area contributed by atoms with Gasteiger partial charge in [0.15, 0.2) is 0 Å². The molecule has 0 atom stereocenters. The maximum Gasteiger partial charge on any atom is 0.338 e. The quantitative estimate of drug-likeness (QED) is 0.874. The van der Waals surface area contributed by atoms with E-state index in [-0.39, 0.29) is 17.9 Å². The number of aromatic carboxylic acids is 1. The van der Waals surface area contributed by atoms with Gasteiger partial charge < -0.3 is 5.11 Å². The van der Waals surface area contributed by atoms with E-state index in [0.717, 1.165) is 12.4 Å². The molecule has 2 aromatic rings. The molecule has 0 aliphatic heterocycles. The van der Waals surface area contributed by atoms with Crippen LogP contribution in [0.3, 0.4) is 0 Å². The summed E-state index contributed by atoms with van der Waals surface area (Å²) in [6.45, 7) is -2.69. The van der Waals surface area contributed by atoms with Gasteiger partial charge in [-0.15, -0.1) is 0 Å². The van der Waals surface area contributed by atoms with Crippen molar-refractivity contribution in [1.82, 2.24) is 19.3 Å². The highest BCUT2D eigenvalue weighted by molar-refractivity contribution is 5.86. The second-order valence-electron chi connectivity index (χ2n) is 3.26. The van der Waals surface area contributed by atoms with E-state index in [1.165, 1.54) is 17.1 Å². The zero-order chi connectivity index (χ0) is 12.4. The summed E-state index contributed by atoms with van der Waals surface area (Å²) in [7, 11) is 0. The molecule has 2 aromatic heterocycles. The molecule has 0 spiro atoms. The number of hydrogen-bond donors (Lipinski definition) is 1. The van der Waals surface area contributed by atoms with Gasteiger partial charge in [0.2, 0.25) is 0 Å². The highest BCUT2D eigenvalue weighted by Crippen LogP contribution is 2.13. The second-order valence-corrected chi connectivity index (χ2v) is 3.26. The van der Waals surface area contributed by atoms with E-state index in [9.17, 15) is 13.6 Å². The third kappa shape index (κ3) is 2.30. The van der Waals surface area contributed by atoms with Crippen LogP contribution in [0.5, 0.6) is 0 Å². The van der Waals surface area contributed by atoms with Crippen molar-refractivity contribution in [3.63, 3.8) is 0 Å². The van der Waals surface area contributed by atoms with Crippen LogP contribution in [0.15, 0.2) is 24.8 Å². The topological polar surface area (TPSA) is 72.9 Å². The predicted octanol–water partition coefficient (Wildman–Crippen LogP) is 1.22. The van der Waals surface area contributed by atoms with Crippen LogP contribution in [-0.2, 0) is 6.54 Å². The number of alkyl halides is 2. The van der Waals surface area contributed by atoms with Gasteiger partial charge in [-0.2, -0.15) is 13.9 Å². The largest absolute Gasteiger partial charge is 0.478 e. The highest BCUT2D eigenvalue weighted by atomic mass is 19.3. The van der Waals surface area contributed by atoms with Crippen molar-refractivity contribution in [2.45, 2.75) is 13.1 Å². The van der Waals surface area contributed by atoms with Crippen molar-refractivity contribution in [2.75, 3.05) is 0 Å². The monoisotopic (exact) mass is 242 g/mol. The molecule has 8 heteroatoms. The number of halogens is 2. The first-order valence-corrected chi connectivity index (χ1v) is 4.63. The van der Waals surface area contributed by atoms with Crippen LogP contribution in [0.4, 0.5) is 8.78 Å². The molecule has 0 aliphatic carbocycles. The van der Waals surface area contributed by atoms with Crippen LogP contribution in [0.25, 0.3) is 0 Å². The van der Waals surface area contributed by atoms with E-state index in [1.807, 2.05) is 0 Å². The number of rotatable bonds is 4. The fourth-order valence-corrected chi connectivity index (χ4v) is 1.35. The molecule has 17 heavy (non-hydrogen) atoms. The Labute approximate surface area is 94.1 Å². The van der Waals surface area contributed by atoms with E-state index in [0.29, 0.717) is 4.57 Å². The Morgan fingerprint density at radius 1 is 1.53 bits per heavy atom. The number of carbonyl (C=O) groups is 1. The molecular formula is C9H8F2N4O2. The molecule has 0 radical (unpaired) electrons. The molecule has 2 rings (SSSR count). The van der Waals surface area contributed by atoms with Gasteiger partial charge in [0, 0.05) is 18.6 Å². The summed E-state index contributed by atoms with van der Waals surface area (Å²) in [5.74, 6) is -1.01. The summed E-state index contributed by atoms with van der Waals surface area (Å²) in [6.07, 6.45) is 4.81. The lowest BCUT2D eigenvalue weighted by molar-refractivity contribution is 0.0662. The first-order chi connectivity index (χ1) is 8.08. The van der Waals surface area contributed by atoms with Gasteiger partial charge in [-0.3, -0.25) is 9.25 Å². The van der Waals surface area contributed by atoms with Gasteiger partial charge in [-0.05, 0) is 0 Å². The Balaban J connectivity index is 2.19. The van der Waals surface area contributed by atoms with Crippen molar-refractivity contribution >= 4 is 5.97 Å². The lowest BCUT2D eigenvalue weighted by Crippen LogP contribution is -2.09. The van der Waals surface area contributed by atoms with Crippen molar-refractivity contribution in [2.24, 2.45) is 0 Å². The van der Waals surface area contributed by atoms with Crippen molar-refractivity contribution in [1.29, 1.82) is 0 Å². The molecule has 0 saturated heterocycles. The van der Waals surface area contributed by atoms with Crippen LogP contribution in [0.1, 0.15) is 22.7 Å². The lowest BCUT2D eigenvalue weighted by atomic mass is 10.4. The standard InChI is InChI=1S/C9H8F2N4O2/c10-9(11)15-2-1-12-7(15)5-14-4-6(3-13-14)8(16)17/h1-4,9H,5H2,(H,16,17). The minimum Gasteiger partial charge on any atom is -0.478 e. The molecule has 0 unspecified atom stereocenters. The maximum atomic E-state index is 12.5. The smallest absolute Gasteiger partial charge is 0.338 e. The Kier molecular flexibility index (Phi) is 2.86. The van der Waals surface area contributed by atoms with Gasteiger partial charge in [0.05, 0.1) is 18.3 Å². The number of aromatic nitrogens is 4. The van der Waals surface area contributed by atoms with Crippen molar-refractivity contribution in [3.8, 4) is 0 Å². The summed E-state index contributed by atoms with van der Waals surface area (Å²) in [5, 5.41) is 12.4. The number of carboxylic acids is 1. The van der Waals surface area contributed by atoms with Crippen molar-refractivity contribution in [3.05, 3.63) is 36.2 Å². The minimum absolute atomic E-state index is 0.000142. The highest BCUT2D eigenvalue weighted by Gasteiger charge is 2.13.